The average Bonchev–Trinajstić information content (AvgIpc) is 2.32. The topological polar surface area (TPSA) is 52.6 Å². The number of allylic oxidation sites excluding steroid dienone is 2. The van der Waals surface area contributed by atoms with Crippen molar-refractivity contribution in [2.45, 2.75) is 12.8 Å². The summed E-state index contributed by atoms with van der Waals surface area (Å²) in [4.78, 5) is 23.3. The molecule has 0 aromatic carbocycles. The third-order valence-corrected chi connectivity index (χ3v) is 2.11. The SMILES string of the molecule is [2H]C=CCC([13CH2]C=[13CH2])(C(=O)OC)C(=O)OC. The number of methoxy groups -OCH3 is 2. The number of hydrogen-bond donors (Lipinski definition) is 0. The molecule has 0 unspecified atom stereocenters. The van der Waals surface area contributed by atoms with Gasteiger partial charge in [0.25, 0.3) is 0 Å². The summed E-state index contributed by atoms with van der Waals surface area (Å²) in [5, 5.41) is 0. The number of ether oxygens (including phenoxy) is 2. The molecule has 0 atom stereocenters. The summed E-state index contributed by atoms with van der Waals surface area (Å²) >= 11 is 0. The maximum Gasteiger partial charge on any atom is 0.323 e. The predicted octanol–water partition coefficient (Wildman–Crippen LogP) is 1.47. The Hall–Kier alpha value is -1.58. The largest absolute Gasteiger partial charge is 0.468 e. The lowest BCUT2D eigenvalue weighted by molar-refractivity contribution is -0.168. The van der Waals surface area contributed by atoms with Crippen molar-refractivity contribution in [3.63, 3.8) is 0 Å². The van der Waals surface area contributed by atoms with Crippen LogP contribution >= 0.6 is 0 Å². The van der Waals surface area contributed by atoms with Crippen molar-refractivity contribution in [3.8, 4) is 0 Å². The molecule has 0 bridgehead atoms. The van der Waals surface area contributed by atoms with Crippen LogP contribution < -0.4 is 0 Å². The standard InChI is InChI=1S/C11H16O4/c1-5-7-11(8-6-2,9(12)14-3)10(13)15-4/h5-6H,1-2,7-8H2,3-4H3/i1D,2+1,8+1. The Morgan fingerprint density at radius 1 is 1.27 bits per heavy atom. The maximum atomic E-state index is 11.7. The minimum atomic E-state index is -1.43. The predicted molar refractivity (Wildman–Crippen MR) is 56.1 cm³/mol. The minimum absolute atomic E-state index is 0.0574. The first-order valence-electron chi connectivity index (χ1n) is 4.98. The van der Waals surface area contributed by atoms with Gasteiger partial charge in [0, 0.05) is 0 Å². The van der Waals surface area contributed by atoms with Crippen LogP contribution in [-0.2, 0) is 19.1 Å². The second-order valence-corrected chi connectivity index (χ2v) is 3.00. The number of carbonyl (C=O) groups excluding carboxylic acids is 2. The number of rotatable bonds is 6. The van der Waals surface area contributed by atoms with Gasteiger partial charge in [0.05, 0.1) is 15.6 Å². The summed E-state index contributed by atoms with van der Waals surface area (Å²) < 4.78 is 16.1. The van der Waals surface area contributed by atoms with Gasteiger partial charge in [-0.1, -0.05) is 12.2 Å². The molecule has 0 amide bonds. The molecule has 0 N–H and O–H groups in total. The van der Waals surface area contributed by atoms with Crippen LogP contribution in [0.15, 0.2) is 25.3 Å². The molecule has 4 heteroatoms. The smallest absolute Gasteiger partial charge is 0.323 e. The average molecular weight is 215 g/mol. The van der Waals surface area contributed by atoms with Crippen LogP contribution in [0.2, 0.25) is 0 Å². The lowest BCUT2D eigenvalue weighted by Gasteiger charge is -2.25. The summed E-state index contributed by atoms with van der Waals surface area (Å²) in [6.07, 6.45) is 3.02. The van der Waals surface area contributed by atoms with Crippen molar-refractivity contribution in [2.24, 2.45) is 5.41 Å². The van der Waals surface area contributed by atoms with E-state index in [9.17, 15) is 9.59 Å². The van der Waals surface area contributed by atoms with E-state index in [1.165, 1.54) is 26.4 Å². The normalized spacial score (nSPS) is 12.0. The molecule has 0 aliphatic carbocycles. The van der Waals surface area contributed by atoms with Crippen molar-refractivity contribution in [3.05, 3.63) is 25.3 Å². The van der Waals surface area contributed by atoms with E-state index in [1.807, 2.05) is 0 Å². The summed E-state index contributed by atoms with van der Waals surface area (Å²) in [5.74, 6) is -1.37. The molecule has 84 valence electrons. The first kappa shape index (κ1) is 11.5. The zero-order chi connectivity index (χ0) is 12.6. The van der Waals surface area contributed by atoms with Gasteiger partial charge in [0.2, 0.25) is 0 Å². The molecule has 15 heavy (non-hydrogen) atoms. The van der Waals surface area contributed by atoms with Crippen LogP contribution in [-0.4, -0.2) is 26.2 Å². The fraction of sp³-hybridized carbons (Fsp3) is 0.455. The highest BCUT2D eigenvalue weighted by molar-refractivity contribution is 6.00. The van der Waals surface area contributed by atoms with Gasteiger partial charge >= 0.3 is 11.9 Å². The van der Waals surface area contributed by atoms with E-state index >= 15 is 0 Å². The van der Waals surface area contributed by atoms with Crippen LogP contribution in [0, 0.1) is 5.41 Å². The molecule has 0 heterocycles. The van der Waals surface area contributed by atoms with E-state index < -0.39 is 17.4 Å². The van der Waals surface area contributed by atoms with Gasteiger partial charge in [-0.25, -0.2) is 0 Å². The Labute approximate surface area is 91.0 Å². The highest BCUT2D eigenvalue weighted by Gasteiger charge is 2.46. The molecule has 0 aliphatic heterocycles. The number of hydrogen-bond acceptors (Lipinski definition) is 4. The van der Waals surface area contributed by atoms with Crippen molar-refractivity contribution in [1.82, 2.24) is 0 Å². The van der Waals surface area contributed by atoms with Crippen LogP contribution in [0.25, 0.3) is 0 Å². The van der Waals surface area contributed by atoms with E-state index in [-0.39, 0.29) is 12.8 Å². The summed E-state index contributed by atoms with van der Waals surface area (Å²) in [6, 6.07) is 0. The lowest BCUT2D eigenvalue weighted by atomic mass is 9.91. The van der Waals surface area contributed by atoms with E-state index in [1.54, 1.807) is 0 Å². The minimum Gasteiger partial charge on any atom is -0.468 e. The van der Waals surface area contributed by atoms with Crippen molar-refractivity contribution < 1.29 is 20.4 Å². The molecule has 0 saturated heterocycles. The molecule has 4 nitrogen and oxygen atoms in total. The van der Waals surface area contributed by atoms with Crippen LogP contribution in [0.5, 0.6) is 0 Å². The molecule has 0 radical (unpaired) electrons. The Morgan fingerprint density at radius 2 is 1.73 bits per heavy atom. The number of esters is 2. The molecule has 0 aromatic heterocycles. The summed E-state index contributed by atoms with van der Waals surface area (Å²) in [5.41, 5.74) is -1.43. The zero-order valence-electron chi connectivity index (χ0n) is 9.99. The number of carbonyl (C=O) groups is 2. The third-order valence-electron chi connectivity index (χ3n) is 2.11. The van der Waals surface area contributed by atoms with E-state index in [2.05, 4.69) is 16.1 Å². The van der Waals surface area contributed by atoms with Gasteiger partial charge in [0.15, 0.2) is 5.41 Å². The Morgan fingerprint density at radius 3 is 2.07 bits per heavy atom. The summed E-state index contributed by atoms with van der Waals surface area (Å²) in [7, 11) is 2.40. The molecule has 0 fully saturated rings. The maximum absolute atomic E-state index is 11.7. The molecular weight excluding hydrogens is 198 g/mol. The lowest BCUT2D eigenvalue weighted by Crippen LogP contribution is -2.40. The Bertz CT molecular complexity index is 280. The monoisotopic (exact) mass is 215 g/mol. The molecular formula is C11H16O4. The first-order valence-corrected chi connectivity index (χ1v) is 4.40. The van der Waals surface area contributed by atoms with Gasteiger partial charge in [-0.05, 0) is 12.8 Å². The van der Waals surface area contributed by atoms with Gasteiger partial charge in [0.1, 0.15) is 0 Å². The first-order chi connectivity index (χ1) is 7.58. The van der Waals surface area contributed by atoms with Crippen LogP contribution in [0.1, 0.15) is 14.2 Å². The van der Waals surface area contributed by atoms with Gasteiger partial charge in [-0.15, -0.1) is 13.1 Å². The van der Waals surface area contributed by atoms with Gasteiger partial charge in [-0.3, -0.25) is 9.59 Å². The Balaban J connectivity index is 5.27. The highest BCUT2D eigenvalue weighted by Crippen LogP contribution is 2.31. The van der Waals surface area contributed by atoms with Crippen molar-refractivity contribution >= 4 is 11.9 Å². The molecule has 0 aliphatic rings. The third kappa shape index (κ3) is 2.68. The molecule has 0 aromatic rings. The van der Waals surface area contributed by atoms with Crippen molar-refractivity contribution in [1.29, 1.82) is 0 Å². The highest BCUT2D eigenvalue weighted by atomic mass is 16.5. The van der Waals surface area contributed by atoms with Crippen LogP contribution in [0.3, 0.4) is 0 Å². The molecule has 0 rings (SSSR count). The second-order valence-electron chi connectivity index (χ2n) is 3.00. The molecule has 0 saturated carbocycles. The quantitative estimate of drug-likeness (QED) is 0.291. The Kier molecular flexibility index (Phi) is 4.60. The van der Waals surface area contributed by atoms with E-state index in [0.29, 0.717) is 0 Å². The van der Waals surface area contributed by atoms with Crippen LogP contribution in [0.4, 0.5) is 0 Å². The fourth-order valence-corrected chi connectivity index (χ4v) is 1.34. The fourth-order valence-electron chi connectivity index (χ4n) is 1.34. The van der Waals surface area contributed by atoms with E-state index in [4.69, 9.17) is 1.37 Å². The van der Waals surface area contributed by atoms with Gasteiger partial charge < -0.3 is 9.47 Å². The van der Waals surface area contributed by atoms with Gasteiger partial charge in [-0.2, -0.15) is 0 Å². The zero-order valence-corrected chi connectivity index (χ0v) is 8.99. The van der Waals surface area contributed by atoms with Crippen molar-refractivity contribution in [2.75, 3.05) is 14.2 Å². The van der Waals surface area contributed by atoms with E-state index in [0.717, 1.165) is 6.55 Å². The second kappa shape index (κ2) is 6.01. The molecule has 0 spiro atoms. The summed E-state index contributed by atoms with van der Waals surface area (Å²) in [6.45, 7) is 4.52.